The number of halogens is 1. The number of anilines is 3. The molecule has 2 amide bonds. The molecule has 172 valence electrons. The largest absolute Gasteiger partial charge is 0.371 e. The maximum Gasteiger partial charge on any atom is 0.257 e. The van der Waals surface area contributed by atoms with E-state index in [-0.39, 0.29) is 21.4 Å². The molecule has 0 saturated carbocycles. The average Bonchev–Trinajstić information content (AvgIpc) is 2.75. The summed E-state index contributed by atoms with van der Waals surface area (Å²) in [5.74, 6) is -0.696. The van der Waals surface area contributed by atoms with Crippen molar-refractivity contribution in [2.45, 2.75) is 31.1 Å². The minimum absolute atomic E-state index is 0.0486. The Morgan fingerprint density at radius 3 is 2.28 bits per heavy atom. The van der Waals surface area contributed by atoms with Gasteiger partial charge in [-0.3, -0.25) is 9.59 Å². The van der Waals surface area contributed by atoms with E-state index in [1.807, 2.05) is 0 Å². The lowest BCUT2D eigenvalue weighted by Gasteiger charge is -2.30. The van der Waals surface area contributed by atoms with Crippen LogP contribution in [0.5, 0.6) is 0 Å². The Kier molecular flexibility index (Phi) is 7.43. The predicted octanol–water partition coefficient (Wildman–Crippen LogP) is 3.79. The SMILES string of the molecule is CC(=O)Nc1ccc(NC(=O)c2cc(S(=O)(=O)N(C)C)ccc2N2CCCCC2)cc1Cl. The molecule has 2 N–H and O–H groups in total. The third kappa shape index (κ3) is 5.40. The first kappa shape index (κ1) is 24.0. The number of rotatable bonds is 6. The first-order chi connectivity index (χ1) is 15.1. The normalized spacial score (nSPS) is 14.3. The summed E-state index contributed by atoms with van der Waals surface area (Å²) in [5.41, 5.74) is 1.84. The number of amides is 2. The Morgan fingerprint density at radius 1 is 1.00 bits per heavy atom. The topological polar surface area (TPSA) is 98.8 Å². The average molecular weight is 479 g/mol. The summed E-state index contributed by atoms with van der Waals surface area (Å²) < 4.78 is 26.4. The molecule has 1 fully saturated rings. The van der Waals surface area contributed by atoms with Crippen molar-refractivity contribution >= 4 is 50.5 Å². The summed E-state index contributed by atoms with van der Waals surface area (Å²) >= 11 is 6.22. The monoisotopic (exact) mass is 478 g/mol. The second kappa shape index (κ2) is 9.89. The maximum atomic E-state index is 13.2. The number of nitrogens with zero attached hydrogens (tertiary/aromatic N) is 2. The van der Waals surface area contributed by atoms with Gasteiger partial charge in [-0.1, -0.05) is 11.6 Å². The first-order valence-electron chi connectivity index (χ1n) is 10.3. The molecule has 0 aliphatic carbocycles. The molecule has 2 aromatic carbocycles. The van der Waals surface area contributed by atoms with Crippen LogP contribution in [0.3, 0.4) is 0 Å². The van der Waals surface area contributed by atoms with Crippen LogP contribution in [0, 0.1) is 0 Å². The fourth-order valence-corrected chi connectivity index (χ4v) is 4.72. The Morgan fingerprint density at radius 2 is 1.69 bits per heavy atom. The zero-order chi connectivity index (χ0) is 23.5. The third-order valence-electron chi connectivity index (χ3n) is 5.23. The van der Waals surface area contributed by atoms with Crippen molar-refractivity contribution in [2.75, 3.05) is 42.7 Å². The van der Waals surface area contributed by atoms with Gasteiger partial charge in [0.25, 0.3) is 5.91 Å². The van der Waals surface area contributed by atoms with Gasteiger partial charge in [-0.05, 0) is 55.7 Å². The lowest BCUT2D eigenvalue weighted by Crippen LogP contribution is -2.32. The van der Waals surface area contributed by atoms with Gasteiger partial charge in [0.2, 0.25) is 15.9 Å². The molecule has 32 heavy (non-hydrogen) atoms. The summed E-state index contributed by atoms with van der Waals surface area (Å²) in [6.45, 7) is 2.98. The molecule has 0 spiro atoms. The van der Waals surface area contributed by atoms with Gasteiger partial charge in [0, 0.05) is 45.5 Å². The van der Waals surface area contributed by atoms with E-state index in [4.69, 9.17) is 11.6 Å². The number of hydrogen-bond acceptors (Lipinski definition) is 5. The Balaban J connectivity index is 1.97. The smallest absolute Gasteiger partial charge is 0.257 e. The van der Waals surface area contributed by atoms with E-state index in [0.29, 0.717) is 17.1 Å². The van der Waals surface area contributed by atoms with Crippen molar-refractivity contribution in [1.82, 2.24) is 4.31 Å². The lowest BCUT2D eigenvalue weighted by atomic mass is 10.1. The van der Waals surface area contributed by atoms with Crippen LogP contribution in [0.25, 0.3) is 0 Å². The first-order valence-corrected chi connectivity index (χ1v) is 12.1. The van der Waals surface area contributed by atoms with Crippen LogP contribution < -0.4 is 15.5 Å². The standard InChI is InChI=1S/C22H27ClN4O4S/c1-15(28)24-20-9-7-16(13-19(20)23)25-22(29)18-14-17(32(30,31)26(2)3)8-10-21(18)27-11-5-4-6-12-27/h7-10,13-14H,4-6,11-12H2,1-3H3,(H,24,28)(H,25,29). The molecule has 1 saturated heterocycles. The Labute approximate surface area is 193 Å². The van der Waals surface area contributed by atoms with E-state index in [2.05, 4.69) is 15.5 Å². The van der Waals surface area contributed by atoms with Gasteiger partial charge < -0.3 is 15.5 Å². The van der Waals surface area contributed by atoms with E-state index in [1.165, 1.54) is 39.2 Å². The maximum absolute atomic E-state index is 13.2. The van der Waals surface area contributed by atoms with E-state index in [0.717, 1.165) is 36.7 Å². The number of piperidine rings is 1. The van der Waals surface area contributed by atoms with Gasteiger partial charge in [0.05, 0.1) is 21.2 Å². The van der Waals surface area contributed by atoms with Crippen LogP contribution in [0.2, 0.25) is 5.02 Å². The zero-order valence-electron chi connectivity index (χ0n) is 18.3. The summed E-state index contributed by atoms with van der Waals surface area (Å²) in [6, 6.07) is 9.40. The van der Waals surface area contributed by atoms with Gasteiger partial charge in [-0.2, -0.15) is 0 Å². The molecular weight excluding hydrogens is 452 g/mol. The van der Waals surface area contributed by atoms with E-state index in [1.54, 1.807) is 18.2 Å². The highest BCUT2D eigenvalue weighted by Crippen LogP contribution is 2.30. The molecule has 0 unspecified atom stereocenters. The summed E-state index contributed by atoms with van der Waals surface area (Å²) in [4.78, 5) is 26.7. The van der Waals surface area contributed by atoms with Gasteiger partial charge in [0.1, 0.15) is 0 Å². The molecule has 8 nitrogen and oxygen atoms in total. The summed E-state index contributed by atoms with van der Waals surface area (Å²) in [5, 5.41) is 5.68. The minimum atomic E-state index is -3.70. The number of nitrogens with one attached hydrogen (secondary N) is 2. The molecular formula is C22H27ClN4O4S. The Bertz CT molecular complexity index is 1130. The van der Waals surface area contributed by atoms with E-state index >= 15 is 0 Å². The number of benzene rings is 2. The van der Waals surface area contributed by atoms with E-state index < -0.39 is 15.9 Å². The van der Waals surface area contributed by atoms with E-state index in [9.17, 15) is 18.0 Å². The highest BCUT2D eigenvalue weighted by atomic mass is 35.5. The van der Waals surface area contributed by atoms with Crippen molar-refractivity contribution in [3.8, 4) is 0 Å². The number of carbonyl (C=O) groups is 2. The molecule has 2 aromatic rings. The summed E-state index contributed by atoms with van der Waals surface area (Å²) in [6.07, 6.45) is 3.16. The van der Waals surface area contributed by atoms with Crippen LogP contribution in [0.4, 0.5) is 17.1 Å². The van der Waals surface area contributed by atoms with Crippen LogP contribution in [-0.2, 0) is 14.8 Å². The molecule has 3 rings (SSSR count). The quantitative estimate of drug-likeness (QED) is 0.658. The van der Waals surface area contributed by atoms with Gasteiger partial charge in [-0.15, -0.1) is 0 Å². The molecule has 0 aromatic heterocycles. The zero-order valence-corrected chi connectivity index (χ0v) is 19.9. The van der Waals surface area contributed by atoms with Crippen molar-refractivity contribution in [3.05, 3.63) is 47.0 Å². The molecule has 1 heterocycles. The second-order valence-electron chi connectivity index (χ2n) is 7.84. The van der Waals surface area contributed by atoms with Gasteiger partial charge >= 0.3 is 0 Å². The number of sulfonamides is 1. The van der Waals surface area contributed by atoms with Crippen LogP contribution >= 0.6 is 11.6 Å². The Hall–Kier alpha value is -2.62. The molecule has 0 bridgehead atoms. The van der Waals surface area contributed by atoms with Crippen molar-refractivity contribution < 1.29 is 18.0 Å². The van der Waals surface area contributed by atoms with Crippen LogP contribution in [-0.4, -0.2) is 51.7 Å². The van der Waals surface area contributed by atoms with Crippen LogP contribution in [0.1, 0.15) is 36.5 Å². The van der Waals surface area contributed by atoms with Crippen LogP contribution in [0.15, 0.2) is 41.3 Å². The molecule has 1 aliphatic rings. The number of carbonyl (C=O) groups excluding carboxylic acids is 2. The third-order valence-corrected chi connectivity index (χ3v) is 7.35. The number of hydrogen-bond donors (Lipinski definition) is 2. The predicted molar refractivity (Wildman–Crippen MR) is 127 cm³/mol. The molecule has 1 aliphatic heterocycles. The molecule has 10 heteroatoms. The van der Waals surface area contributed by atoms with Gasteiger partial charge in [-0.25, -0.2) is 12.7 Å². The highest BCUT2D eigenvalue weighted by molar-refractivity contribution is 7.89. The summed E-state index contributed by atoms with van der Waals surface area (Å²) in [7, 11) is -0.802. The van der Waals surface area contributed by atoms with Gasteiger partial charge in [0.15, 0.2) is 0 Å². The molecule has 0 radical (unpaired) electrons. The van der Waals surface area contributed by atoms with Crippen molar-refractivity contribution in [1.29, 1.82) is 0 Å². The second-order valence-corrected chi connectivity index (χ2v) is 10.4. The van der Waals surface area contributed by atoms with Crippen molar-refractivity contribution in [3.63, 3.8) is 0 Å². The minimum Gasteiger partial charge on any atom is -0.371 e. The highest BCUT2D eigenvalue weighted by Gasteiger charge is 2.24. The lowest BCUT2D eigenvalue weighted by molar-refractivity contribution is -0.114. The fraction of sp³-hybridized carbons (Fsp3) is 0.364. The fourth-order valence-electron chi connectivity index (χ4n) is 3.56. The molecule has 0 atom stereocenters. The van der Waals surface area contributed by atoms with Crippen molar-refractivity contribution in [2.24, 2.45) is 0 Å².